The molecule has 1 rings (SSSR count). The topological polar surface area (TPSA) is 56.2 Å². The number of hydrogen-bond donors (Lipinski definition) is 1. The molecule has 0 spiro atoms. The molecule has 0 radical (unpaired) electrons. The van der Waals surface area contributed by atoms with Crippen molar-refractivity contribution in [1.82, 2.24) is 0 Å². The fraction of sp³-hybridized carbons (Fsp3) is 0.444. The van der Waals surface area contributed by atoms with Crippen molar-refractivity contribution in [3.05, 3.63) is 22.1 Å². The van der Waals surface area contributed by atoms with Crippen LogP contribution in [0.2, 0.25) is 5.02 Å². The third kappa shape index (κ3) is 1.76. The van der Waals surface area contributed by atoms with Gasteiger partial charge in [0, 0.05) is 5.56 Å². The van der Waals surface area contributed by atoms with Gasteiger partial charge in [0.1, 0.15) is 5.76 Å². The van der Waals surface area contributed by atoms with Crippen LogP contribution in [0, 0.1) is 13.8 Å². The number of Topliss-reactive ketones (excluding diaryl/α,β-unsaturated/α-hetero) is 1. The van der Waals surface area contributed by atoms with Gasteiger partial charge in [-0.2, -0.15) is 0 Å². The normalized spacial score (nSPS) is 13.0. The number of furan rings is 1. The largest absolute Gasteiger partial charge is 0.456 e. The van der Waals surface area contributed by atoms with Crippen molar-refractivity contribution in [2.45, 2.75) is 26.8 Å². The molecule has 13 heavy (non-hydrogen) atoms. The minimum atomic E-state index is -0.555. The van der Waals surface area contributed by atoms with Gasteiger partial charge >= 0.3 is 0 Å². The van der Waals surface area contributed by atoms with E-state index in [0.717, 1.165) is 0 Å². The first kappa shape index (κ1) is 10.3. The first-order valence-electron chi connectivity index (χ1n) is 4.00. The zero-order valence-electron chi connectivity index (χ0n) is 7.85. The third-order valence-electron chi connectivity index (χ3n) is 1.87. The van der Waals surface area contributed by atoms with Gasteiger partial charge in [-0.3, -0.25) is 4.79 Å². The van der Waals surface area contributed by atoms with Crippen LogP contribution in [0.5, 0.6) is 0 Å². The fourth-order valence-electron chi connectivity index (χ4n) is 1.08. The highest BCUT2D eigenvalue weighted by Gasteiger charge is 2.21. The summed E-state index contributed by atoms with van der Waals surface area (Å²) in [5.41, 5.74) is 6.11. The summed E-state index contributed by atoms with van der Waals surface area (Å²) in [5.74, 6) is 0.619. The highest BCUT2D eigenvalue weighted by molar-refractivity contribution is 6.32. The smallest absolute Gasteiger partial charge is 0.214 e. The molecule has 72 valence electrons. The Hall–Kier alpha value is -0.800. The van der Waals surface area contributed by atoms with Gasteiger partial charge in [0.2, 0.25) is 5.78 Å². The Morgan fingerprint density at radius 3 is 2.38 bits per heavy atom. The Bertz CT molecular complexity index is 342. The quantitative estimate of drug-likeness (QED) is 0.746. The summed E-state index contributed by atoms with van der Waals surface area (Å²) in [6.07, 6.45) is 0. The summed E-state index contributed by atoms with van der Waals surface area (Å²) in [7, 11) is 0. The average molecular weight is 202 g/mol. The molecule has 0 amide bonds. The zero-order chi connectivity index (χ0) is 10.2. The Morgan fingerprint density at radius 2 is 2.08 bits per heavy atom. The lowest BCUT2D eigenvalue weighted by atomic mass is 10.1. The van der Waals surface area contributed by atoms with Crippen molar-refractivity contribution >= 4 is 17.4 Å². The minimum absolute atomic E-state index is 0.215. The number of aryl methyl sites for hydroxylation is 1. The van der Waals surface area contributed by atoms with Crippen molar-refractivity contribution in [3.63, 3.8) is 0 Å². The van der Waals surface area contributed by atoms with Crippen LogP contribution in [-0.4, -0.2) is 11.8 Å². The fourth-order valence-corrected chi connectivity index (χ4v) is 1.20. The Labute approximate surface area is 81.9 Å². The molecule has 0 aliphatic rings. The van der Waals surface area contributed by atoms with Crippen LogP contribution in [0.1, 0.15) is 28.8 Å². The molecule has 1 aromatic rings. The van der Waals surface area contributed by atoms with Crippen molar-refractivity contribution in [3.8, 4) is 0 Å². The van der Waals surface area contributed by atoms with Crippen LogP contribution in [-0.2, 0) is 0 Å². The van der Waals surface area contributed by atoms with Crippen LogP contribution < -0.4 is 5.73 Å². The van der Waals surface area contributed by atoms with Gasteiger partial charge in [-0.1, -0.05) is 11.6 Å². The van der Waals surface area contributed by atoms with E-state index in [2.05, 4.69) is 0 Å². The number of carbonyl (C=O) groups excluding carboxylic acids is 1. The summed E-state index contributed by atoms with van der Waals surface area (Å²) >= 11 is 5.86. The maximum Gasteiger partial charge on any atom is 0.214 e. The number of carbonyl (C=O) groups is 1. The predicted octanol–water partition coefficient (Wildman–Crippen LogP) is 2.08. The molecule has 1 atom stereocenters. The van der Waals surface area contributed by atoms with E-state index in [0.29, 0.717) is 16.3 Å². The van der Waals surface area contributed by atoms with Crippen molar-refractivity contribution in [1.29, 1.82) is 0 Å². The first-order chi connectivity index (χ1) is 5.95. The molecule has 0 saturated carbocycles. The maximum atomic E-state index is 11.5. The molecule has 0 aromatic carbocycles. The van der Waals surface area contributed by atoms with E-state index < -0.39 is 6.04 Å². The molecule has 0 fully saturated rings. The van der Waals surface area contributed by atoms with Crippen LogP contribution >= 0.6 is 11.6 Å². The number of ketones is 1. The van der Waals surface area contributed by atoms with Crippen molar-refractivity contribution in [2.24, 2.45) is 5.73 Å². The molecule has 2 N–H and O–H groups in total. The van der Waals surface area contributed by atoms with Crippen LogP contribution in [0.25, 0.3) is 0 Å². The van der Waals surface area contributed by atoms with E-state index in [1.165, 1.54) is 0 Å². The highest BCUT2D eigenvalue weighted by atomic mass is 35.5. The minimum Gasteiger partial charge on any atom is -0.456 e. The Morgan fingerprint density at radius 1 is 1.54 bits per heavy atom. The summed E-state index contributed by atoms with van der Waals surface area (Å²) in [4.78, 5) is 11.5. The van der Waals surface area contributed by atoms with Crippen molar-refractivity contribution in [2.75, 3.05) is 0 Å². The van der Waals surface area contributed by atoms with E-state index in [1.54, 1.807) is 20.8 Å². The van der Waals surface area contributed by atoms with Gasteiger partial charge in [0.25, 0.3) is 0 Å². The molecule has 1 unspecified atom stereocenters. The van der Waals surface area contributed by atoms with Gasteiger partial charge in [-0.15, -0.1) is 0 Å². The molecule has 1 aromatic heterocycles. The molecule has 0 aliphatic heterocycles. The van der Waals surface area contributed by atoms with Gasteiger partial charge in [-0.25, -0.2) is 0 Å². The Balaban J connectivity index is 3.16. The monoisotopic (exact) mass is 201 g/mol. The second kappa shape index (κ2) is 3.52. The highest BCUT2D eigenvalue weighted by Crippen LogP contribution is 2.26. The van der Waals surface area contributed by atoms with Gasteiger partial charge < -0.3 is 10.2 Å². The lowest BCUT2D eigenvalue weighted by Gasteiger charge is -2.00. The van der Waals surface area contributed by atoms with Gasteiger partial charge in [0.05, 0.1) is 11.1 Å². The third-order valence-corrected chi connectivity index (χ3v) is 2.42. The zero-order valence-corrected chi connectivity index (χ0v) is 8.61. The molecule has 4 heteroatoms. The van der Waals surface area contributed by atoms with Crippen LogP contribution in [0.4, 0.5) is 0 Å². The molecular formula is C9H12ClNO2. The van der Waals surface area contributed by atoms with E-state index in [-0.39, 0.29) is 11.5 Å². The summed E-state index contributed by atoms with van der Waals surface area (Å²) in [6.45, 7) is 5.08. The lowest BCUT2D eigenvalue weighted by Crippen LogP contribution is -2.26. The lowest BCUT2D eigenvalue weighted by molar-refractivity contribution is 0.0938. The van der Waals surface area contributed by atoms with Crippen LogP contribution in [0.15, 0.2) is 4.42 Å². The standard InChI is InChI=1S/C9H12ClNO2/c1-4-7(10)6(3)13-9(4)8(12)5(2)11/h5H,11H2,1-3H3. The summed E-state index contributed by atoms with van der Waals surface area (Å²) < 4.78 is 5.21. The molecule has 3 nitrogen and oxygen atoms in total. The molecule has 1 heterocycles. The SMILES string of the molecule is Cc1oc(C(=O)C(C)N)c(C)c1Cl. The number of nitrogens with two attached hydrogens (primary N) is 1. The van der Waals surface area contributed by atoms with E-state index in [9.17, 15) is 4.79 Å². The summed E-state index contributed by atoms with van der Waals surface area (Å²) in [5, 5.41) is 0.504. The number of hydrogen-bond acceptors (Lipinski definition) is 3. The maximum absolute atomic E-state index is 11.5. The first-order valence-corrected chi connectivity index (χ1v) is 4.38. The van der Waals surface area contributed by atoms with Crippen molar-refractivity contribution < 1.29 is 9.21 Å². The molecule has 0 bridgehead atoms. The number of rotatable bonds is 2. The van der Waals surface area contributed by atoms with Crippen LogP contribution in [0.3, 0.4) is 0 Å². The van der Waals surface area contributed by atoms with E-state index in [1.807, 2.05) is 0 Å². The average Bonchev–Trinajstić information content (AvgIpc) is 2.31. The molecule has 0 aliphatic carbocycles. The van der Waals surface area contributed by atoms with Gasteiger partial charge in [0.15, 0.2) is 5.76 Å². The Kier molecular flexibility index (Phi) is 2.78. The number of halogens is 1. The molecular weight excluding hydrogens is 190 g/mol. The van der Waals surface area contributed by atoms with E-state index >= 15 is 0 Å². The predicted molar refractivity (Wildman–Crippen MR) is 51.2 cm³/mol. The second-order valence-corrected chi connectivity index (χ2v) is 3.46. The molecule has 0 saturated heterocycles. The van der Waals surface area contributed by atoms with E-state index in [4.69, 9.17) is 21.8 Å². The second-order valence-electron chi connectivity index (χ2n) is 3.08. The summed E-state index contributed by atoms with van der Waals surface area (Å²) in [6, 6.07) is -0.555. The van der Waals surface area contributed by atoms with Gasteiger partial charge in [-0.05, 0) is 20.8 Å².